The molecule has 0 bridgehead atoms. The van der Waals surface area contributed by atoms with E-state index >= 15 is 0 Å². The molecule has 0 aromatic heterocycles. The Hall–Kier alpha value is -0.570. The minimum Gasteiger partial charge on any atom is -0.339 e. The highest BCUT2D eigenvalue weighted by Crippen LogP contribution is 2.26. The summed E-state index contributed by atoms with van der Waals surface area (Å²) in [7, 11) is 0. The van der Waals surface area contributed by atoms with Crippen LogP contribution < -0.4 is 5.73 Å². The van der Waals surface area contributed by atoms with Crippen molar-refractivity contribution in [3.8, 4) is 0 Å². The van der Waals surface area contributed by atoms with E-state index in [9.17, 15) is 4.79 Å². The third-order valence-electron chi connectivity index (χ3n) is 2.00. The standard InChI is InChI=1S/C8H16N2O/c1-3-10(7-4-5-7)8(11)6(2)9/h6-7H,3-5,9H2,1-2H3. The third-order valence-corrected chi connectivity index (χ3v) is 2.00. The Morgan fingerprint density at radius 3 is 2.55 bits per heavy atom. The molecule has 0 aliphatic heterocycles. The Bertz CT molecular complexity index is 152. The van der Waals surface area contributed by atoms with E-state index < -0.39 is 0 Å². The lowest BCUT2D eigenvalue weighted by molar-refractivity contribution is -0.132. The van der Waals surface area contributed by atoms with E-state index in [1.807, 2.05) is 11.8 Å². The van der Waals surface area contributed by atoms with Gasteiger partial charge >= 0.3 is 0 Å². The Labute approximate surface area is 67.5 Å². The van der Waals surface area contributed by atoms with Crippen molar-refractivity contribution in [3.63, 3.8) is 0 Å². The van der Waals surface area contributed by atoms with Gasteiger partial charge in [0, 0.05) is 12.6 Å². The summed E-state index contributed by atoms with van der Waals surface area (Å²) in [4.78, 5) is 13.2. The predicted octanol–water partition coefficient (Wildman–Crippen LogP) is 0.345. The lowest BCUT2D eigenvalue weighted by Crippen LogP contribution is -2.43. The van der Waals surface area contributed by atoms with Crippen molar-refractivity contribution in [2.75, 3.05) is 6.54 Å². The van der Waals surface area contributed by atoms with Crippen LogP contribution >= 0.6 is 0 Å². The maximum Gasteiger partial charge on any atom is 0.239 e. The van der Waals surface area contributed by atoms with Crippen LogP contribution in [0.3, 0.4) is 0 Å². The van der Waals surface area contributed by atoms with Crippen molar-refractivity contribution >= 4 is 5.91 Å². The van der Waals surface area contributed by atoms with Crippen LogP contribution in [0.2, 0.25) is 0 Å². The average Bonchev–Trinajstić information content (AvgIpc) is 2.72. The summed E-state index contributed by atoms with van der Waals surface area (Å²) in [5, 5.41) is 0. The van der Waals surface area contributed by atoms with E-state index in [0.717, 1.165) is 19.4 Å². The average molecular weight is 156 g/mol. The molecule has 1 aliphatic carbocycles. The van der Waals surface area contributed by atoms with Crippen LogP contribution in [-0.4, -0.2) is 29.4 Å². The number of amides is 1. The molecule has 0 radical (unpaired) electrons. The molecular formula is C8H16N2O. The summed E-state index contributed by atoms with van der Waals surface area (Å²) in [5.41, 5.74) is 5.49. The van der Waals surface area contributed by atoms with Gasteiger partial charge in [-0.3, -0.25) is 4.79 Å². The Kier molecular flexibility index (Phi) is 2.49. The van der Waals surface area contributed by atoms with Gasteiger partial charge in [0.2, 0.25) is 5.91 Å². The number of likely N-dealkylation sites (N-methyl/N-ethyl adjacent to an activating group) is 1. The molecular weight excluding hydrogens is 140 g/mol. The third kappa shape index (κ3) is 1.93. The van der Waals surface area contributed by atoms with Crippen LogP contribution in [0.4, 0.5) is 0 Å². The van der Waals surface area contributed by atoms with Crippen LogP contribution in [0, 0.1) is 0 Å². The summed E-state index contributed by atoms with van der Waals surface area (Å²) in [6.07, 6.45) is 2.32. The SMILES string of the molecule is CCN(C(=O)C(C)N)C1CC1. The normalized spacial score (nSPS) is 19.5. The number of nitrogens with zero attached hydrogens (tertiary/aromatic N) is 1. The molecule has 0 heterocycles. The van der Waals surface area contributed by atoms with Crippen molar-refractivity contribution < 1.29 is 4.79 Å². The second-order valence-corrected chi connectivity index (χ2v) is 3.14. The first-order chi connectivity index (χ1) is 5.16. The molecule has 1 saturated carbocycles. The zero-order chi connectivity index (χ0) is 8.43. The minimum absolute atomic E-state index is 0.0926. The highest BCUT2D eigenvalue weighted by Gasteiger charge is 2.32. The van der Waals surface area contributed by atoms with Gasteiger partial charge in [0.15, 0.2) is 0 Å². The van der Waals surface area contributed by atoms with Crippen molar-refractivity contribution in [2.45, 2.75) is 38.8 Å². The van der Waals surface area contributed by atoms with Gasteiger partial charge in [-0.05, 0) is 26.7 Å². The van der Waals surface area contributed by atoms with Crippen LogP contribution in [0.1, 0.15) is 26.7 Å². The number of hydrogen-bond donors (Lipinski definition) is 1. The molecule has 1 amide bonds. The van der Waals surface area contributed by atoms with Gasteiger partial charge in [-0.25, -0.2) is 0 Å². The lowest BCUT2D eigenvalue weighted by Gasteiger charge is -2.22. The first-order valence-electron chi connectivity index (χ1n) is 4.23. The number of carbonyl (C=O) groups is 1. The summed E-state index contributed by atoms with van der Waals surface area (Å²) in [5.74, 6) is 0.0926. The monoisotopic (exact) mass is 156 g/mol. The first-order valence-corrected chi connectivity index (χ1v) is 4.23. The molecule has 3 nitrogen and oxygen atoms in total. The molecule has 0 aromatic rings. The van der Waals surface area contributed by atoms with Gasteiger partial charge in [0.25, 0.3) is 0 Å². The fourth-order valence-corrected chi connectivity index (χ4v) is 1.24. The van der Waals surface area contributed by atoms with Crippen LogP contribution in [0.15, 0.2) is 0 Å². The van der Waals surface area contributed by atoms with Crippen molar-refractivity contribution in [1.82, 2.24) is 4.90 Å². The second kappa shape index (κ2) is 3.22. The molecule has 2 N–H and O–H groups in total. The molecule has 0 saturated heterocycles. The lowest BCUT2D eigenvalue weighted by atomic mass is 10.3. The van der Waals surface area contributed by atoms with Gasteiger partial charge in [0.05, 0.1) is 6.04 Å². The zero-order valence-corrected chi connectivity index (χ0v) is 7.21. The highest BCUT2D eigenvalue weighted by atomic mass is 16.2. The van der Waals surface area contributed by atoms with Crippen LogP contribution in [0.5, 0.6) is 0 Å². The van der Waals surface area contributed by atoms with Crippen molar-refractivity contribution in [3.05, 3.63) is 0 Å². The molecule has 11 heavy (non-hydrogen) atoms. The molecule has 64 valence electrons. The van der Waals surface area contributed by atoms with Gasteiger partial charge in [-0.1, -0.05) is 0 Å². The number of hydrogen-bond acceptors (Lipinski definition) is 2. The molecule has 1 aliphatic rings. The van der Waals surface area contributed by atoms with Crippen molar-refractivity contribution in [1.29, 1.82) is 0 Å². The maximum absolute atomic E-state index is 11.4. The number of nitrogens with two attached hydrogens (primary N) is 1. The highest BCUT2D eigenvalue weighted by molar-refractivity contribution is 5.81. The fourth-order valence-electron chi connectivity index (χ4n) is 1.24. The largest absolute Gasteiger partial charge is 0.339 e. The van der Waals surface area contributed by atoms with Gasteiger partial charge in [-0.2, -0.15) is 0 Å². The minimum atomic E-state index is -0.337. The molecule has 3 heteroatoms. The topological polar surface area (TPSA) is 46.3 Å². The van der Waals surface area contributed by atoms with Crippen LogP contribution in [0.25, 0.3) is 0 Å². The summed E-state index contributed by atoms with van der Waals surface area (Å²) < 4.78 is 0. The van der Waals surface area contributed by atoms with E-state index in [0.29, 0.717) is 6.04 Å². The van der Waals surface area contributed by atoms with E-state index in [-0.39, 0.29) is 11.9 Å². The molecule has 1 atom stereocenters. The summed E-state index contributed by atoms with van der Waals surface area (Å²) in [6, 6.07) is 0.161. The number of rotatable bonds is 3. The second-order valence-electron chi connectivity index (χ2n) is 3.14. The Morgan fingerprint density at radius 2 is 2.27 bits per heavy atom. The molecule has 1 fully saturated rings. The van der Waals surface area contributed by atoms with E-state index in [2.05, 4.69) is 0 Å². The Balaban J connectivity index is 2.46. The first kappa shape index (κ1) is 8.53. The Morgan fingerprint density at radius 1 is 1.73 bits per heavy atom. The molecule has 0 spiro atoms. The van der Waals surface area contributed by atoms with Gasteiger partial charge in [0.1, 0.15) is 0 Å². The maximum atomic E-state index is 11.4. The van der Waals surface area contributed by atoms with Gasteiger partial charge < -0.3 is 10.6 Å². The van der Waals surface area contributed by atoms with Crippen molar-refractivity contribution in [2.24, 2.45) is 5.73 Å². The quantitative estimate of drug-likeness (QED) is 0.640. The van der Waals surface area contributed by atoms with E-state index in [1.165, 1.54) is 0 Å². The summed E-state index contributed by atoms with van der Waals surface area (Å²) in [6.45, 7) is 4.54. The molecule has 0 aromatic carbocycles. The predicted molar refractivity (Wildman–Crippen MR) is 44.1 cm³/mol. The van der Waals surface area contributed by atoms with E-state index in [1.54, 1.807) is 6.92 Å². The zero-order valence-electron chi connectivity index (χ0n) is 7.21. The van der Waals surface area contributed by atoms with Gasteiger partial charge in [-0.15, -0.1) is 0 Å². The number of carbonyl (C=O) groups excluding carboxylic acids is 1. The summed E-state index contributed by atoms with van der Waals surface area (Å²) >= 11 is 0. The van der Waals surface area contributed by atoms with E-state index in [4.69, 9.17) is 5.73 Å². The fraction of sp³-hybridized carbons (Fsp3) is 0.875. The van der Waals surface area contributed by atoms with Crippen LogP contribution in [-0.2, 0) is 4.79 Å². The molecule has 1 rings (SSSR count). The smallest absolute Gasteiger partial charge is 0.239 e. The molecule has 1 unspecified atom stereocenters.